The molecular formula is C14H11BrClF2NO. The zero-order valence-electron chi connectivity index (χ0n) is 10.2. The Morgan fingerprint density at radius 3 is 2.70 bits per heavy atom. The van der Waals surface area contributed by atoms with Crippen molar-refractivity contribution in [3.63, 3.8) is 0 Å². The Morgan fingerprint density at radius 1 is 1.20 bits per heavy atom. The Kier molecular flexibility index (Phi) is 5.20. The average molecular weight is 363 g/mol. The minimum atomic E-state index is -2.85. The summed E-state index contributed by atoms with van der Waals surface area (Å²) in [5.41, 5.74) is 1.42. The molecule has 20 heavy (non-hydrogen) atoms. The zero-order chi connectivity index (χ0) is 14.5. The van der Waals surface area contributed by atoms with Gasteiger partial charge >= 0.3 is 6.61 Å². The van der Waals surface area contributed by atoms with Crippen molar-refractivity contribution >= 4 is 33.2 Å². The number of rotatable bonds is 5. The molecule has 0 aliphatic rings. The Hall–Kier alpha value is -1.33. The first kappa shape index (κ1) is 15.1. The third kappa shape index (κ3) is 4.08. The average Bonchev–Trinajstić information content (AvgIpc) is 2.41. The maximum Gasteiger partial charge on any atom is 0.387 e. The van der Waals surface area contributed by atoms with Crippen LogP contribution in [0.25, 0.3) is 0 Å². The van der Waals surface area contributed by atoms with E-state index in [1.54, 1.807) is 30.3 Å². The number of hydrogen-bond donors (Lipinski definition) is 1. The summed E-state index contributed by atoms with van der Waals surface area (Å²) in [6.45, 7) is -2.42. The third-order valence-electron chi connectivity index (χ3n) is 2.58. The minimum absolute atomic E-state index is 0.112. The van der Waals surface area contributed by atoms with Crippen LogP contribution in [0, 0.1) is 0 Å². The molecule has 0 aromatic heterocycles. The van der Waals surface area contributed by atoms with Crippen LogP contribution >= 0.6 is 27.5 Å². The van der Waals surface area contributed by atoms with Crippen molar-refractivity contribution in [1.29, 1.82) is 0 Å². The topological polar surface area (TPSA) is 21.3 Å². The molecule has 0 unspecified atom stereocenters. The molecule has 2 nitrogen and oxygen atoms in total. The van der Waals surface area contributed by atoms with E-state index in [0.717, 1.165) is 10.0 Å². The highest BCUT2D eigenvalue weighted by Gasteiger charge is 2.09. The number of benzene rings is 2. The van der Waals surface area contributed by atoms with Gasteiger partial charge in [-0.1, -0.05) is 39.7 Å². The number of nitrogens with one attached hydrogen (secondary N) is 1. The van der Waals surface area contributed by atoms with E-state index in [9.17, 15) is 8.78 Å². The molecule has 0 amide bonds. The fourth-order valence-corrected chi connectivity index (χ4v) is 2.26. The summed E-state index contributed by atoms with van der Waals surface area (Å²) >= 11 is 9.34. The van der Waals surface area contributed by atoms with Gasteiger partial charge in [-0.15, -0.1) is 0 Å². The van der Waals surface area contributed by atoms with Gasteiger partial charge < -0.3 is 10.1 Å². The molecule has 106 valence electrons. The van der Waals surface area contributed by atoms with Gasteiger partial charge in [0.05, 0.1) is 5.69 Å². The monoisotopic (exact) mass is 361 g/mol. The predicted octanol–water partition coefficient (Wildman–Crippen LogP) is 5.32. The van der Waals surface area contributed by atoms with Crippen LogP contribution in [0.15, 0.2) is 46.9 Å². The summed E-state index contributed by atoms with van der Waals surface area (Å²) in [4.78, 5) is 0. The van der Waals surface area contributed by atoms with Gasteiger partial charge in [0, 0.05) is 16.0 Å². The molecule has 0 aliphatic carbocycles. The lowest BCUT2D eigenvalue weighted by Crippen LogP contribution is -2.06. The van der Waals surface area contributed by atoms with Gasteiger partial charge in [0.1, 0.15) is 5.75 Å². The van der Waals surface area contributed by atoms with Crippen LogP contribution in [0.4, 0.5) is 14.5 Å². The minimum Gasteiger partial charge on any atom is -0.433 e. The van der Waals surface area contributed by atoms with E-state index in [1.807, 2.05) is 6.07 Å². The van der Waals surface area contributed by atoms with Gasteiger partial charge in [-0.05, 0) is 35.9 Å². The van der Waals surface area contributed by atoms with Crippen molar-refractivity contribution in [3.8, 4) is 5.75 Å². The van der Waals surface area contributed by atoms with E-state index < -0.39 is 6.61 Å². The van der Waals surface area contributed by atoms with Gasteiger partial charge in [-0.25, -0.2) is 0 Å². The molecule has 6 heteroatoms. The molecule has 0 saturated heterocycles. The largest absolute Gasteiger partial charge is 0.433 e. The van der Waals surface area contributed by atoms with Crippen molar-refractivity contribution in [2.24, 2.45) is 0 Å². The molecule has 0 saturated carbocycles. The maximum atomic E-state index is 12.3. The number of alkyl halides is 2. The van der Waals surface area contributed by atoms with E-state index in [-0.39, 0.29) is 5.75 Å². The van der Waals surface area contributed by atoms with Crippen LogP contribution in [0.5, 0.6) is 5.75 Å². The molecule has 0 radical (unpaired) electrons. The fraction of sp³-hybridized carbons (Fsp3) is 0.143. The van der Waals surface area contributed by atoms with Crippen molar-refractivity contribution < 1.29 is 13.5 Å². The molecule has 0 aliphatic heterocycles. The number of ether oxygens (including phenoxy) is 1. The molecule has 0 heterocycles. The smallest absolute Gasteiger partial charge is 0.387 e. The van der Waals surface area contributed by atoms with Crippen LogP contribution < -0.4 is 10.1 Å². The summed E-state index contributed by atoms with van der Waals surface area (Å²) in [6, 6.07) is 11.9. The zero-order valence-corrected chi connectivity index (χ0v) is 12.6. The standard InChI is InChI=1S/C14H11BrClF2NO/c15-11-6-5-10(16)7-9(11)8-19-12-3-1-2-4-13(12)20-14(17)18/h1-7,14,19H,8H2. The summed E-state index contributed by atoms with van der Waals surface area (Å²) in [5.74, 6) is 0.112. The van der Waals surface area contributed by atoms with Crippen LogP contribution in [0.2, 0.25) is 5.02 Å². The Labute approximate surface area is 128 Å². The van der Waals surface area contributed by atoms with Crippen LogP contribution in [0.3, 0.4) is 0 Å². The summed E-state index contributed by atoms with van der Waals surface area (Å²) < 4.78 is 30.0. The number of halogens is 4. The quantitative estimate of drug-likeness (QED) is 0.777. The van der Waals surface area contributed by atoms with Crippen molar-refractivity contribution in [2.75, 3.05) is 5.32 Å². The lowest BCUT2D eigenvalue weighted by molar-refractivity contribution is -0.0493. The van der Waals surface area contributed by atoms with E-state index in [0.29, 0.717) is 17.3 Å². The van der Waals surface area contributed by atoms with E-state index >= 15 is 0 Å². The van der Waals surface area contributed by atoms with Crippen molar-refractivity contribution in [1.82, 2.24) is 0 Å². The Morgan fingerprint density at radius 2 is 1.95 bits per heavy atom. The van der Waals surface area contributed by atoms with Crippen LogP contribution in [-0.4, -0.2) is 6.61 Å². The SMILES string of the molecule is FC(F)Oc1ccccc1NCc1cc(Cl)ccc1Br. The Bertz CT molecular complexity index is 595. The highest BCUT2D eigenvalue weighted by atomic mass is 79.9. The molecular weight excluding hydrogens is 352 g/mol. The summed E-state index contributed by atoms with van der Waals surface area (Å²) in [6.07, 6.45) is 0. The molecule has 0 fully saturated rings. The first-order valence-corrected chi connectivity index (χ1v) is 6.95. The molecule has 0 spiro atoms. The molecule has 2 aromatic carbocycles. The fourth-order valence-electron chi connectivity index (χ4n) is 1.68. The first-order valence-electron chi connectivity index (χ1n) is 5.78. The van der Waals surface area contributed by atoms with Crippen molar-refractivity contribution in [3.05, 3.63) is 57.5 Å². The highest BCUT2D eigenvalue weighted by Crippen LogP contribution is 2.27. The lowest BCUT2D eigenvalue weighted by Gasteiger charge is -2.13. The first-order chi connectivity index (χ1) is 9.56. The van der Waals surface area contributed by atoms with Crippen LogP contribution in [0.1, 0.15) is 5.56 Å². The third-order valence-corrected chi connectivity index (χ3v) is 3.59. The van der Waals surface area contributed by atoms with Gasteiger partial charge in [-0.3, -0.25) is 0 Å². The summed E-state index contributed by atoms with van der Waals surface area (Å²) in [5, 5.41) is 3.67. The van der Waals surface area contributed by atoms with Gasteiger partial charge in [-0.2, -0.15) is 8.78 Å². The van der Waals surface area contributed by atoms with Gasteiger partial charge in [0.15, 0.2) is 0 Å². The number of para-hydroxylation sites is 2. The van der Waals surface area contributed by atoms with E-state index in [2.05, 4.69) is 26.0 Å². The predicted molar refractivity (Wildman–Crippen MR) is 79.6 cm³/mol. The molecule has 0 atom stereocenters. The van der Waals surface area contributed by atoms with Gasteiger partial charge in [0.2, 0.25) is 0 Å². The van der Waals surface area contributed by atoms with E-state index in [4.69, 9.17) is 11.6 Å². The lowest BCUT2D eigenvalue weighted by atomic mass is 10.2. The molecule has 0 bridgehead atoms. The number of anilines is 1. The second kappa shape index (κ2) is 6.90. The van der Waals surface area contributed by atoms with E-state index in [1.165, 1.54) is 6.07 Å². The Balaban J connectivity index is 2.12. The highest BCUT2D eigenvalue weighted by molar-refractivity contribution is 9.10. The van der Waals surface area contributed by atoms with Crippen LogP contribution in [-0.2, 0) is 6.54 Å². The van der Waals surface area contributed by atoms with Crippen molar-refractivity contribution in [2.45, 2.75) is 13.2 Å². The molecule has 2 rings (SSSR count). The normalized spacial score (nSPS) is 10.7. The second-order valence-electron chi connectivity index (χ2n) is 3.96. The molecule has 1 N–H and O–H groups in total. The number of hydrogen-bond acceptors (Lipinski definition) is 2. The van der Waals surface area contributed by atoms with Gasteiger partial charge in [0.25, 0.3) is 0 Å². The maximum absolute atomic E-state index is 12.3. The summed E-state index contributed by atoms with van der Waals surface area (Å²) in [7, 11) is 0. The molecule has 2 aromatic rings. The second-order valence-corrected chi connectivity index (χ2v) is 5.25.